The minimum atomic E-state index is -3.13. The number of carboxylic acid groups (broad SMARTS) is 2. The zero-order valence-electron chi connectivity index (χ0n) is 8.51. The predicted octanol–water partition coefficient (Wildman–Crippen LogP) is -8.22. The van der Waals surface area contributed by atoms with Crippen LogP contribution in [-0.4, -0.2) is 40.9 Å². The van der Waals surface area contributed by atoms with Crippen molar-refractivity contribution < 1.29 is 139 Å². The van der Waals surface area contributed by atoms with E-state index in [0.717, 1.165) is 0 Å². The van der Waals surface area contributed by atoms with Crippen molar-refractivity contribution in [3.8, 4) is 0 Å². The van der Waals surface area contributed by atoms with E-state index in [2.05, 4.69) is 0 Å². The second-order valence-corrected chi connectivity index (χ2v) is 1.46. The van der Waals surface area contributed by atoms with Crippen LogP contribution < -0.4 is 103 Å². The molecule has 7 nitrogen and oxygen atoms in total. The van der Waals surface area contributed by atoms with Crippen LogP contribution >= 0.6 is 0 Å². The first-order valence-corrected chi connectivity index (χ1v) is 3.06. The predicted molar refractivity (Wildman–Crippen MR) is 28.4 cm³/mol. The summed E-state index contributed by atoms with van der Waals surface area (Å²) in [7, 11) is -3.13. The molecule has 0 rings (SSSR count). The molecule has 62 valence electrons. The van der Waals surface area contributed by atoms with E-state index >= 15 is 0 Å². The number of hydrogen-bond acceptors (Lipinski definition) is 3. The Bertz CT molecular complexity index is 150. The first-order valence-electron chi connectivity index (χ1n) is 1.76. The third kappa shape index (κ3) is 40.8. The van der Waals surface area contributed by atoms with Crippen LogP contribution in [0.15, 0.2) is 0 Å². The fourth-order valence-corrected chi connectivity index (χ4v) is 0. The van der Waals surface area contributed by atoms with Gasteiger partial charge < -0.3 is 22.7 Å². The van der Waals surface area contributed by atoms with Gasteiger partial charge in [0.25, 0.3) is 0 Å². The second kappa shape index (κ2) is 15.3. The fourth-order valence-electron chi connectivity index (χ4n) is 0. The smallest absolute Gasteiger partial charge is 1.00 e. The van der Waals surface area contributed by atoms with Gasteiger partial charge in [-0.15, -0.1) is 0 Å². The largest absolute Gasteiger partial charge is 1.00 e. The molecule has 0 aromatic carbocycles. The summed E-state index contributed by atoms with van der Waals surface area (Å²) < 4.78 is 8.74. The third-order valence-electron chi connectivity index (χ3n) is 0.183. The molecule has 0 spiro atoms. The zero-order chi connectivity index (χ0) is 8.73. The van der Waals surface area contributed by atoms with Gasteiger partial charge in [-0.1, -0.05) is 0 Å². The molecule has 4 N–H and O–H groups in total. The van der Waals surface area contributed by atoms with E-state index in [1.807, 2.05) is 0 Å². The Morgan fingerprint density at radius 2 is 1.08 bits per heavy atom. The Morgan fingerprint density at radius 1 is 1.00 bits per heavy atom. The first kappa shape index (κ1) is 23.6. The summed E-state index contributed by atoms with van der Waals surface area (Å²) in [4.78, 5) is 32.5. The third-order valence-corrected chi connectivity index (χ3v) is 0.183. The standard InChI is InChI=1S/C2H2O4.2K.H2O3Si.2H/c3-1(4)2(5)6;;;1-4(2)3;;/h(H,3,4)(H,5,6);;;1-2H;;/q;2*+1;;2*-1. The molecular weight excluding hydrogens is 242 g/mol. The minimum absolute atomic E-state index is 0. The first-order chi connectivity index (χ1) is 4.37. The maximum absolute atomic E-state index is 9.10. The summed E-state index contributed by atoms with van der Waals surface area (Å²) in [6.07, 6.45) is 0. The SMILES string of the molecule is O=C(O)C(=O)O.O=[Si](O)O.[H-].[H-].[K+].[K+]. The summed E-state index contributed by atoms with van der Waals surface area (Å²) in [6.45, 7) is 0. The van der Waals surface area contributed by atoms with Crippen LogP contribution in [0.1, 0.15) is 2.85 Å². The Morgan fingerprint density at radius 3 is 1.08 bits per heavy atom. The van der Waals surface area contributed by atoms with Crippen LogP contribution in [0.3, 0.4) is 0 Å². The average Bonchev–Trinajstić information content (AvgIpc) is 1.63. The van der Waals surface area contributed by atoms with Crippen LogP contribution in [0.5, 0.6) is 0 Å². The Hall–Kier alpha value is 1.83. The molecule has 0 aliphatic heterocycles. The molecule has 0 saturated heterocycles. The Balaban J connectivity index is -0.0000000185. The number of carbonyl (C=O) groups is 2. The van der Waals surface area contributed by atoms with Crippen LogP contribution in [-0.2, 0) is 14.1 Å². The molecule has 0 heterocycles. The molecule has 0 unspecified atom stereocenters. The van der Waals surface area contributed by atoms with Gasteiger partial charge in [-0.3, -0.25) is 4.46 Å². The molecule has 0 radical (unpaired) electrons. The monoisotopic (exact) mass is 248 g/mol. The van der Waals surface area contributed by atoms with Gasteiger partial charge >= 0.3 is 124 Å². The molecule has 0 aromatic heterocycles. The minimum Gasteiger partial charge on any atom is -1.00 e. The van der Waals surface area contributed by atoms with Crippen molar-refractivity contribution in [2.75, 3.05) is 0 Å². The summed E-state index contributed by atoms with van der Waals surface area (Å²) in [5.74, 6) is -3.65. The van der Waals surface area contributed by atoms with Crippen molar-refractivity contribution in [2.24, 2.45) is 0 Å². The summed E-state index contributed by atoms with van der Waals surface area (Å²) in [5.41, 5.74) is 0. The van der Waals surface area contributed by atoms with E-state index in [9.17, 15) is 0 Å². The van der Waals surface area contributed by atoms with Crippen molar-refractivity contribution in [2.45, 2.75) is 0 Å². The molecule has 10 heteroatoms. The number of carboxylic acids is 2. The molecule has 0 aliphatic carbocycles. The summed E-state index contributed by atoms with van der Waals surface area (Å²) in [6, 6.07) is 0. The van der Waals surface area contributed by atoms with Crippen LogP contribution in [0, 0.1) is 0 Å². The Labute approximate surface area is 157 Å². The molecule has 0 aliphatic rings. The molecule has 0 bridgehead atoms. The fraction of sp³-hybridized carbons (Fsp3) is 0. The van der Waals surface area contributed by atoms with E-state index in [1.165, 1.54) is 0 Å². The Kier molecular flexibility index (Phi) is 30.1. The van der Waals surface area contributed by atoms with Crippen molar-refractivity contribution in [1.82, 2.24) is 0 Å². The number of hydrogen-bond donors (Lipinski definition) is 4. The summed E-state index contributed by atoms with van der Waals surface area (Å²) in [5, 5.41) is 14.8. The molecule has 0 amide bonds. The van der Waals surface area contributed by atoms with Gasteiger partial charge in [0.1, 0.15) is 0 Å². The molecule has 0 fully saturated rings. The zero-order valence-corrected chi connectivity index (χ0v) is 13.8. The molecule has 0 atom stereocenters. The van der Waals surface area contributed by atoms with Gasteiger partial charge in [0.2, 0.25) is 0 Å². The summed E-state index contributed by atoms with van der Waals surface area (Å²) >= 11 is 0. The maximum Gasteiger partial charge on any atom is 1.00 e. The molecular formula is C2H6K2O7Si. The molecule has 0 aromatic rings. The quantitative estimate of drug-likeness (QED) is 0.247. The van der Waals surface area contributed by atoms with Crippen molar-refractivity contribution in [1.29, 1.82) is 0 Å². The maximum atomic E-state index is 9.10. The molecule has 0 saturated carbocycles. The van der Waals surface area contributed by atoms with Crippen LogP contribution in [0.4, 0.5) is 0 Å². The molecule has 12 heavy (non-hydrogen) atoms. The van der Waals surface area contributed by atoms with Gasteiger partial charge in [-0.2, -0.15) is 0 Å². The van der Waals surface area contributed by atoms with Crippen molar-refractivity contribution >= 4 is 21.1 Å². The normalized spacial score (nSPS) is 5.67. The number of aliphatic carboxylic acids is 2. The van der Waals surface area contributed by atoms with E-state index in [1.54, 1.807) is 0 Å². The van der Waals surface area contributed by atoms with Crippen molar-refractivity contribution in [3.05, 3.63) is 0 Å². The topological polar surface area (TPSA) is 132 Å². The van der Waals surface area contributed by atoms with Gasteiger partial charge in [0.05, 0.1) is 0 Å². The van der Waals surface area contributed by atoms with E-state index in [0.29, 0.717) is 0 Å². The van der Waals surface area contributed by atoms with Crippen LogP contribution in [0.2, 0.25) is 0 Å². The van der Waals surface area contributed by atoms with Crippen LogP contribution in [0.25, 0.3) is 0 Å². The van der Waals surface area contributed by atoms with Crippen molar-refractivity contribution in [3.63, 3.8) is 0 Å². The average molecular weight is 248 g/mol. The van der Waals surface area contributed by atoms with Gasteiger partial charge in [0, 0.05) is 0 Å². The van der Waals surface area contributed by atoms with E-state index in [4.69, 9.17) is 33.9 Å². The van der Waals surface area contributed by atoms with Gasteiger partial charge in [-0.05, 0) is 0 Å². The van der Waals surface area contributed by atoms with Gasteiger partial charge in [-0.25, -0.2) is 9.59 Å². The van der Waals surface area contributed by atoms with E-state index < -0.39 is 21.1 Å². The number of rotatable bonds is 0. The van der Waals surface area contributed by atoms with Gasteiger partial charge in [0.15, 0.2) is 0 Å². The van der Waals surface area contributed by atoms with E-state index in [-0.39, 0.29) is 106 Å². The second-order valence-electron chi connectivity index (χ2n) is 0.893.